The Balaban J connectivity index is 1.89. The first kappa shape index (κ1) is 19.0. The van der Waals surface area contributed by atoms with E-state index in [1.165, 1.54) is 0 Å². The van der Waals surface area contributed by atoms with E-state index >= 15 is 0 Å². The van der Waals surface area contributed by atoms with Crippen molar-refractivity contribution in [2.75, 3.05) is 6.54 Å². The van der Waals surface area contributed by atoms with Crippen LogP contribution in [-0.2, 0) is 19.1 Å². The molecule has 0 saturated carbocycles. The van der Waals surface area contributed by atoms with Crippen LogP contribution < -0.4 is 10.6 Å². The molecule has 1 saturated heterocycles. The number of alkyl carbamates (subject to hydrolysis) is 1. The van der Waals surface area contributed by atoms with Crippen LogP contribution in [0.1, 0.15) is 33.6 Å². The average Bonchev–Trinajstić information content (AvgIpc) is 2.48. The number of hydrogen-bond donors (Lipinski definition) is 3. The van der Waals surface area contributed by atoms with E-state index in [4.69, 9.17) is 21.4 Å². The van der Waals surface area contributed by atoms with Gasteiger partial charge in [-0.3, -0.25) is 14.5 Å². The van der Waals surface area contributed by atoms with Crippen molar-refractivity contribution in [3.05, 3.63) is 10.7 Å². The summed E-state index contributed by atoms with van der Waals surface area (Å²) in [6.07, 6.45) is 0.0242. The highest BCUT2D eigenvalue weighted by molar-refractivity contribution is 6.32. The molecule has 2 aliphatic heterocycles. The maximum atomic E-state index is 12.2. The molecule has 138 valence electrons. The predicted octanol–water partition coefficient (Wildman–Crippen LogP) is 0.536. The number of nitrogens with one attached hydrogen (secondary N) is 2. The largest absolute Gasteiger partial charge is 0.477 e. The Kier molecular flexibility index (Phi) is 5.26. The topological polar surface area (TPSA) is 125 Å². The summed E-state index contributed by atoms with van der Waals surface area (Å²) in [7, 11) is 0. The van der Waals surface area contributed by atoms with Gasteiger partial charge in [-0.25, -0.2) is 9.59 Å². The maximum absolute atomic E-state index is 12.2. The second kappa shape index (κ2) is 6.91. The molecule has 0 aromatic heterocycles. The zero-order valence-corrected chi connectivity index (χ0v) is 14.8. The molecule has 2 heterocycles. The van der Waals surface area contributed by atoms with Gasteiger partial charge < -0.3 is 20.5 Å². The van der Waals surface area contributed by atoms with Crippen LogP contribution in [0, 0.1) is 0 Å². The van der Waals surface area contributed by atoms with Gasteiger partial charge in [0.1, 0.15) is 23.9 Å². The Hall–Kier alpha value is -2.29. The lowest BCUT2D eigenvalue weighted by Gasteiger charge is -2.49. The normalized spacial score (nSPS) is 22.7. The SMILES string of the molecule is CC(C)(C)OC(=O)NCC(=O)N[C@@H]1C(=O)N2C(C(=O)O)=C(Cl)CC[C@@H]12. The number of allylic oxidation sites excluding steroid dienone is 1. The number of fused-ring (bicyclic) bond motifs is 1. The maximum Gasteiger partial charge on any atom is 0.408 e. The van der Waals surface area contributed by atoms with E-state index in [1.807, 2.05) is 0 Å². The molecule has 2 aliphatic rings. The van der Waals surface area contributed by atoms with Gasteiger partial charge in [0.2, 0.25) is 5.91 Å². The summed E-state index contributed by atoms with van der Waals surface area (Å²) in [6, 6.07) is -1.28. The highest BCUT2D eigenvalue weighted by atomic mass is 35.5. The van der Waals surface area contributed by atoms with E-state index in [1.54, 1.807) is 20.8 Å². The molecule has 0 radical (unpaired) electrons. The van der Waals surface area contributed by atoms with Crippen LogP contribution in [0.3, 0.4) is 0 Å². The number of amides is 3. The smallest absolute Gasteiger partial charge is 0.408 e. The summed E-state index contributed by atoms with van der Waals surface area (Å²) < 4.78 is 5.00. The molecular weight excluding hydrogens is 354 g/mol. The van der Waals surface area contributed by atoms with Crippen molar-refractivity contribution in [2.24, 2.45) is 0 Å². The molecule has 25 heavy (non-hydrogen) atoms. The summed E-state index contributed by atoms with van der Waals surface area (Å²) in [6.45, 7) is 4.72. The Bertz CT molecular complexity index is 654. The molecule has 3 amide bonds. The van der Waals surface area contributed by atoms with Crippen molar-refractivity contribution in [3.63, 3.8) is 0 Å². The molecule has 3 N–H and O–H groups in total. The summed E-state index contributed by atoms with van der Waals surface area (Å²) >= 11 is 5.88. The molecule has 0 aliphatic carbocycles. The summed E-state index contributed by atoms with van der Waals surface area (Å²) in [4.78, 5) is 47.9. The molecule has 10 heteroatoms. The molecule has 2 rings (SSSR count). The van der Waals surface area contributed by atoms with Crippen LogP contribution in [0.15, 0.2) is 10.7 Å². The standard InChI is InChI=1S/C15H20ClN3O6/c1-15(2,3)25-14(24)17-6-9(20)18-10-8-5-4-7(16)11(13(22)23)19(8)12(10)21/h8,10H,4-6H2,1-3H3,(H,17,24)(H,18,20)(H,22,23)/t8-,10-/m0/s1. The molecule has 9 nitrogen and oxygen atoms in total. The number of carbonyl (C=O) groups is 4. The molecule has 0 unspecified atom stereocenters. The van der Waals surface area contributed by atoms with Crippen LogP contribution >= 0.6 is 11.6 Å². The summed E-state index contributed by atoms with van der Waals surface area (Å²) in [5.74, 6) is -2.38. The van der Waals surface area contributed by atoms with Gasteiger partial charge in [-0.15, -0.1) is 0 Å². The molecule has 2 atom stereocenters. The summed E-state index contributed by atoms with van der Waals surface area (Å²) in [5.41, 5.74) is -0.924. The molecule has 0 bridgehead atoms. The number of aliphatic carboxylic acids is 1. The third-order valence-corrected chi connectivity index (χ3v) is 4.06. The number of halogens is 1. The van der Waals surface area contributed by atoms with Crippen molar-refractivity contribution < 1.29 is 29.0 Å². The zero-order chi connectivity index (χ0) is 18.9. The minimum Gasteiger partial charge on any atom is -0.477 e. The van der Waals surface area contributed by atoms with Gasteiger partial charge in [0.15, 0.2) is 0 Å². The molecule has 1 fully saturated rings. The third kappa shape index (κ3) is 4.22. The lowest BCUT2D eigenvalue weighted by molar-refractivity contribution is -0.155. The summed E-state index contributed by atoms with van der Waals surface area (Å²) in [5, 5.41) is 14.1. The monoisotopic (exact) mass is 373 g/mol. The predicted molar refractivity (Wildman–Crippen MR) is 86.6 cm³/mol. The average molecular weight is 374 g/mol. The second-order valence-corrected chi connectivity index (χ2v) is 7.23. The number of carboxylic acids is 1. The van der Waals surface area contributed by atoms with Crippen molar-refractivity contribution in [2.45, 2.75) is 51.3 Å². The quantitative estimate of drug-likeness (QED) is 0.617. The number of ether oxygens (including phenoxy) is 1. The first-order chi connectivity index (χ1) is 11.5. The van der Waals surface area contributed by atoms with E-state index in [0.717, 1.165) is 4.90 Å². The van der Waals surface area contributed by atoms with E-state index in [-0.39, 0.29) is 17.3 Å². The van der Waals surface area contributed by atoms with Crippen LogP contribution in [0.4, 0.5) is 4.79 Å². The van der Waals surface area contributed by atoms with Gasteiger partial charge in [-0.1, -0.05) is 11.6 Å². The van der Waals surface area contributed by atoms with Crippen molar-refractivity contribution in [1.29, 1.82) is 0 Å². The second-order valence-electron chi connectivity index (χ2n) is 6.77. The van der Waals surface area contributed by atoms with E-state index in [2.05, 4.69) is 10.6 Å². The number of β-lactam (4-membered cyclic amide) rings is 1. The van der Waals surface area contributed by atoms with Gasteiger partial charge >= 0.3 is 12.1 Å². The Labute approximate surface area is 149 Å². The fourth-order valence-corrected chi connectivity index (χ4v) is 2.99. The van der Waals surface area contributed by atoms with Gasteiger partial charge in [0, 0.05) is 5.03 Å². The first-order valence-corrected chi connectivity index (χ1v) is 8.10. The highest BCUT2D eigenvalue weighted by Crippen LogP contribution is 2.37. The zero-order valence-electron chi connectivity index (χ0n) is 14.1. The molecule has 0 spiro atoms. The number of carbonyl (C=O) groups excluding carboxylic acids is 3. The van der Waals surface area contributed by atoms with Gasteiger partial charge in [0.25, 0.3) is 5.91 Å². The minimum absolute atomic E-state index is 0.119. The van der Waals surface area contributed by atoms with Crippen LogP contribution in [0.2, 0.25) is 0 Å². The first-order valence-electron chi connectivity index (χ1n) is 7.72. The van der Waals surface area contributed by atoms with Crippen molar-refractivity contribution in [1.82, 2.24) is 15.5 Å². The number of nitrogens with zero attached hydrogens (tertiary/aromatic N) is 1. The van der Waals surface area contributed by atoms with Gasteiger partial charge in [0.05, 0.1) is 6.04 Å². The molecule has 0 aromatic carbocycles. The number of carboxylic acid groups (broad SMARTS) is 1. The van der Waals surface area contributed by atoms with Crippen LogP contribution in [-0.4, -0.2) is 58.1 Å². The van der Waals surface area contributed by atoms with Crippen LogP contribution in [0.5, 0.6) is 0 Å². The lowest BCUT2D eigenvalue weighted by atomic mass is 9.86. The van der Waals surface area contributed by atoms with E-state index in [9.17, 15) is 19.2 Å². The third-order valence-electron chi connectivity index (χ3n) is 3.69. The minimum atomic E-state index is -1.28. The highest BCUT2D eigenvalue weighted by Gasteiger charge is 2.53. The van der Waals surface area contributed by atoms with E-state index in [0.29, 0.717) is 12.8 Å². The van der Waals surface area contributed by atoms with Gasteiger partial charge in [-0.2, -0.15) is 0 Å². The molecule has 0 aromatic rings. The Morgan fingerprint density at radius 3 is 2.56 bits per heavy atom. The molecular formula is C15H20ClN3O6. The number of rotatable bonds is 4. The Morgan fingerprint density at radius 2 is 2.00 bits per heavy atom. The fourth-order valence-electron chi connectivity index (χ4n) is 2.71. The lowest BCUT2D eigenvalue weighted by Crippen LogP contribution is -2.72. The van der Waals surface area contributed by atoms with Crippen molar-refractivity contribution in [3.8, 4) is 0 Å². The van der Waals surface area contributed by atoms with E-state index < -0.39 is 41.6 Å². The van der Waals surface area contributed by atoms with Crippen LogP contribution in [0.25, 0.3) is 0 Å². The number of hydrogen-bond acceptors (Lipinski definition) is 5. The fraction of sp³-hybridized carbons (Fsp3) is 0.600. The van der Waals surface area contributed by atoms with Crippen molar-refractivity contribution >= 4 is 35.5 Å². The van der Waals surface area contributed by atoms with Gasteiger partial charge in [-0.05, 0) is 33.6 Å². The Morgan fingerprint density at radius 1 is 1.36 bits per heavy atom.